The van der Waals surface area contributed by atoms with Crippen molar-refractivity contribution in [1.82, 2.24) is 10.2 Å². The van der Waals surface area contributed by atoms with Gasteiger partial charge >= 0.3 is 5.97 Å². The molecule has 1 aliphatic heterocycles. The number of nitrogens with one attached hydrogen (secondary N) is 1. The van der Waals surface area contributed by atoms with Crippen LogP contribution in [0.4, 0.5) is 0 Å². The Balaban J connectivity index is 1.84. The molecule has 2 aromatic rings. The van der Waals surface area contributed by atoms with Crippen LogP contribution < -0.4 is 5.32 Å². The van der Waals surface area contributed by atoms with Gasteiger partial charge in [-0.2, -0.15) is 0 Å². The van der Waals surface area contributed by atoms with Crippen LogP contribution in [-0.2, 0) is 16.1 Å². The van der Waals surface area contributed by atoms with Crippen LogP contribution in [0.3, 0.4) is 0 Å². The summed E-state index contributed by atoms with van der Waals surface area (Å²) in [5.74, 6) is -1.20. The lowest BCUT2D eigenvalue weighted by atomic mass is 10.1. The molecule has 110 valence electrons. The van der Waals surface area contributed by atoms with Gasteiger partial charge in [0.1, 0.15) is 11.6 Å². The minimum Gasteiger partial charge on any atom is -0.481 e. The molecule has 1 amide bonds. The maximum absolute atomic E-state index is 11.9. The third kappa shape index (κ3) is 2.75. The maximum Gasteiger partial charge on any atom is 0.305 e. The first-order valence-electron chi connectivity index (χ1n) is 6.84. The molecule has 0 radical (unpaired) electrons. The van der Waals surface area contributed by atoms with Gasteiger partial charge in [0.15, 0.2) is 0 Å². The molecule has 0 aliphatic carbocycles. The van der Waals surface area contributed by atoms with Gasteiger partial charge in [0.05, 0.1) is 12.7 Å². The summed E-state index contributed by atoms with van der Waals surface area (Å²) in [4.78, 5) is 24.7. The van der Waals surface area contributed by atoms with Crippen molar-refractivity contribution in [3.8, 4) is 0 Å². The fourth-order valence-corrected chi connectivity index (χ4v) is 2.71. The largest absolute Gasteiger partial charge is 0.481 e. The second kappa shape index (κ2) is 5.57. The van der Waals surface area contributed by atoms with Gasteiger partial charge in [0.25, 0.3) is 0 Å². The molecule has 1 aromatic carbocycles. The SMILES string of the molecule is O=C(O)CC1C(=O)NCCN1Cc1coc2ccccc12. The number of carboxylic acid groups (broad SMARTS) is 1. The summed E-state index contributed by atoms with van der Waals surface area (Å²) < 4.78 is 5.49. The van der Waals surface area contributed by atoms with E-state index in [4.69, 9.17) is 9.52 Å². The number of carbonyl (C=O) groups is 2. The lowest BCUT2D eigenvalue weighted by Gasteiger charge is -2.33. The van der Waals surface area contributed by atoms with Gasteiger partial charge in [0, 0.05) is 30.6 Å². The van der Waals surface area contributed by atoms with E-state index in [0.717, 1.165) is 16.5 Å². The Morgan fingerprint density at radius 1 is 1.43 bits per heavy atom. The summed E-state index contributed by atoms with van der Waals surface area (Å²) in [5.41, 5.74) is 1.76. The number of fused-ring (bicyclic) bond motifs is 1. The molecule has 1 aliphatic rings. The van der Waals surface area contributed by atoms with Gasteiger partial charge in [-0.05, 0) is 6.07 Å². The topological polar surface area (TPSA) is 82.8 Å². The van der Waals surface area contributed by atoms with Gasteiger partial charge < -0.3 is 14.8 Å². The molecule has 2 N–H and O–H groups in total. The Morgan fingerprint density at radius 2 is 2.24 bits per heavy atom. The van der Waals surface area contributed by atoms with Crippen molar-refractivity contribution in [1.29, 1.82) is 0 Å². The monoisotopic (exact) mass is 288 g/mol. The Hall–Kier alpha value is -2.34. The Kier molecular flexibility index (Phi) is 3.62. The quantitative estimate of drug-likeness (QED) is 0.883. The van der Waals surface area contributed by atoms with Crippen LogP contribution in [0, 0.1) is 0 Å². The van der Waals surface area contributed by atoms with Crippen LogP contribution in [-0.4, -0.2) is 41.0 Å². The number of benzene rings is 1. The van der Waals surface area contributed by atoms with Gasteiger partial charge in [-0.1, -0.05) is 18.2 Å². The molecule has 6 nitrogen and oxygen atoms in total. The van der Waals surface area contributed by atoms with Crippen LogP contribution in [0.2, 0.25) is 0 Å². The zero-order chi connectivity index (χ0) is 14.8. The molecular weight excluding hydrogens is 272 g/mol. The van der Waals surface area contributed by atoms with Gasteiger partial charge in [-0.25, -0.2) is 0 Å². The van der Waals surface area contributed by atoms with E-state index in [1.165, 1.54) is 0 Å². The molecular formula is C15H16N2O4. The first-order chi connectivity index (χ1) is 10.1. The summed E-state index contributed by atoms with van der Waals surface area (Å²) in [6, 6.07) is 7.04. The van der Waals surface area contributed by atoms with Crippen LogP contribution in [0.25, 0.3) is 11.0 Å². The Labute approximate surface area is 121 Å². The van der Waals surface area contributed by atoms with E-state index in [2.05, 4.69) is 5.32 Å². The average Bonchev–Trinajstić information content (AvgIpc) is 2.86. The number of amides is 1. The van der Waals surface area contributed by atoms with Crippen LogP contribution in [0.5, 0.6) is 0 Å². The third-order valence-corrected chi connectivity index (χ3v) is 3.74. The molecule has 1 saturated heterocycles. The van der Waals surface area contributed by atoms with Crippen LogP contribution in [0.15, 0.2) is 34.9 Å². The number of para-hydroxylation sites is 1. The van der Waals surface area contributed by atoms with E-state index in [9.17, 15) is 9.59 Å². The van der Waals surface area contributed by atoms with Crippen molar-refractivity contribution in [3.05, 3.63) is 36.1 Å². The molecule has 3 rings (SSSR count). The fourth-order valence-electron chi connectivity index (χ4n) is 2.71. The van der Waals surface area contributed by atoms with E-state index >= 15 is 0 Å². The third-order valence-electron chi connectivity index (χ3n) is 3.74. The average molecular weight is 288 g/mol. The van der Waals surface area contributed by atoms with Gasteiger partial charge in [-0.3, -0.25) is 14.5 Å². The smallest absolute Gasteiger partial charge is 0.305 e. The molecule has 21 heavy (non-hydrogen) atoms. The lowest BCUT2D eigenvalue weighted by molar-refractivity contribution is -0.143. The first kappa shape index (κ1) is 13.6. The number of carboxylic acids is 1. The number of aliphatic carboxylic acids is 1. The Bertz CT molecular complexity index is 679. The molecule has 6 heteroatoms. The summed E-state index contributed by atoms with van der Waals surface area (Å²) >= 11 is 0. The molecule has 0 spiro atoms. The normalized spacial score (nSPS) is 19.6. The van der Waals surface area contributed by atoms with E-state index in [-0.39, 0.29) is 12.3 Å². The Morgan fingerprint density at radius 3 is 3.05 bits per heavy atom. The zero-order valence-electron chi connectivity index (χ0n) is 11.4. The molecule has 1 atom stereocenters. The molecule has 0 bridgehead atoms. The first-order valence-corrected chi connectivity index (χ1v) is 6.84. The minimum atomic E-state index is -0.973. The second-order valence-corrected chi connectivity index (χ2v) is 5.13. The molecule has 1 aromatic heterocycles. The van der Waals surface area contributed by atoms with Crippen molar-refractivity contribution >= 4 is 22.8 Å². The van der Waals surface area contributed by atoms with Crippen molar-refractivity contribution in [3.63, 3.8) is 0 Å². The van der Waals surface area contributed by atoms with Gasteiger partial charge in [-0.15, -0.1) is 0 Å². The van der Waals surface area contributed by atoms with E-state index < -0.39 is 12.0 Å². The number of piperazine rings is 1. The molecule has 0 saturated carbocycles. The van der Waals surface area contributed by atoms with Crippen molar-refractivity contribution in [2.24, 2.45) is 0 Å². The summed E-state index contributed by atoms with van der Waals surface area (Å²) in [5, 5.41) is 12.7. The number of hydrogen-bond acceptors (Lipinski definition) is 4. The van der Waals surface area contributed by atoms with Crippen molar-refractivity contribution < 1.29 is 19.1 Å². The highest BCUT2D eigenvalue weighted by Gasteiger charge is 2.31. The fraction of sp³-hybridized carbons (Fsp3) is 0.333. The minimum absolute atomic E-state index is 0.193. The van der Waals surface area contributed by atoms with Crippen molar-refractivity contribution in [2.75, 3.05) is 13.1 Å². The lowest BCUT2D eigenvalue weighted by Crippen LogP contribution is -2.55. The van der Waals surface area contributed by atoms with Gasteiger partial charge in [0.2, 0.25) is 5.91 Å². The molecule has 1 unspecified atom stereocenters. The van der Waals surface area contributed by atoms with E-state index in [1.54, 1.807) is 6.26 Å². The highest BCUT2D eigenvalue weighted by atomic mass is 16.4. The molecule has 1 fully saturated rings. The number of carbonyl (C=O) groups excluding carboxylic acids is 1. The highest BCUT2D eigenvalue weighted by Crippen LogP contribution is 2.23. The zero-order valence-corrected chi connectivity index (χ0v) is 11.4. The predicted molar refractivity (Wildman–Crippen MR) is 75.7 cm³/mol. The van der Waals surface area contributed by atoms with Crippen molar-refractivity contribution in [2.45, 2.75) is 19.0 Å². The number of furan rings is 1. The van der Waals surface area contributed by atoms with Crippen LogP contribution >= 0.6 is 0 Å². The standard InChI is InChI=1S/C15H16N2O4/c18-14(19)7-12-15(20)16-5-6-17(12)8-10-9-21-13-4-2-1-3-11(10)13/h1-4,9,12H,5-8H2,(H,16,20)(H,18,19). The maximum atomic E-state index is 11.9. The van der Waals surface area contributed by atoms with E-state index in [0.29, 0.717) is 19.6 Å². The number of rotatable bonds is 4. The summed E-state index contributed by atoms with van der Waals surface area (Å²) in [6.07, 6.45) is 1.48. The number of hydrogen-bond donors (Lipinski definition) is 2. The van der Waals surface area contributed by atoms with Crippen LogP contribution in [0.1, 0.15) is 12.0 Å². The summed E-state index contributed by atoms with van der Waals surface area (Å²) in [6.45, 7) is 1.66. The van der Waals surface area contributed by atoms with E-state index in [1.807, 2.05) is 29.2 Å². The predicted octanol–water partition coefficient (Wildman–Crippen LogP) is 1.21. The second-order valence-electron chi connectivity index (χ2n) is 5.13. The number of nitrogens with zero attached hydrogens (tertiary/aromatic N) is 1. The molecule has 2 heterocycles. The highest BCUT2D eigenvalue weighted by molar-refractivity contribution is 5.87. The summed E-state index contributed by atoms with van der Waals surface area (Å²) in [7, 11) is 0.